The van der Waals surface area contributed by atoms with E-state index in [-0.39, 0.29) is 11.8 Å². The summed E-state index contributed by atoms with van der Waals surface area (Å²) in [5.41, 5.74) is 3.03. The summed E-state index contributed by atoms with van der Waals surface area (Å²) in [7, 11) is 1.54. The van der Waals surface area contributed by atoms with Gasteiger partial charge in [0, 0.05) is 16.8 Å². The average molecular weight is 292 g/mol. The maximum Gasteiger partial charge on any atom is 0.160 e. The number of hydrogen-bond donors (Lipinski definition) is 2. The van der Waals surface area contributed by atoms with Gasteiger partial charge in [-0.05, 0) is 49.2 Å². The van der Waals surface area contributed by atoms with Gasteiger partial charge in [0.1, 0.15) is 0 Å². The number of phenols is 1. The SMILES string of the molecule is COc1cc(C(C)Nc2ccc(C)c(Cl)c2)ccc1O. The van der Waals surface area contributed by atoms with Crippen LogP contribution in [0.15, 0.2) is 36.4 Å². The first-order valence-electron chi connectivity index (χ1n) is 6.41. The largest absolute Gasteiger partial charge is 0.504 e. The van der Waals surface area contributed by atoms with Crippen molar-refractivity contribution in [2.45, 2.75) is 19.9 Å². The Bertz CT molecular complexity index is 613. The van der Waals surface area contributed by atoms with Gasteiger partial charge in [-0.3, -0.25) is 0 Å². The molecule has 2 N–H and O–H groups in total. The summed E-state index contributed by atoms with van der Waals surface area (Å²) in [6, 6.07) is 11.3. The van der Waals surface area contributed by atoms with Crippen LogP contribution in [-0.4, -0.2) is 12.2 Å². The molecule has 2 aromatic carbocycles. The Morgan fingerprint density at radius 2 is 1.95 bits per heavy atom. The van der Waals surface area contributed by atoms with Crippen molar-refractivity contribution >= 4 is 17.3 Å². The van der Waals surface area contributed by atoms with Gasteiger partial charge in [0.15, 0.2) is 11.5 Å². The molecule has 0 aliphatic heterocycles. The zero-order valence-electron chi connectivity index (χ0n) is 11.8. The predicted octanol–water partition coefficient (Wildman–Crippen LogP) is 4.54. The van der Waals surface area contributed by atoms with E-state index < -0.39 is 0 Å². The number of benzene rings is 2. The summed E-state index contributed by atoms with van der Waals surface area (Å²) in [5.74, 6) is 0.611. The number of aryl methyl sites for hydroxylation is 1. The van der Waals surface area contributed by atoms with Crippen molar-refractivity contribution in [3.8, 4) is 11.5 Å². The molecule has 0 saturated heterocycles. The number of halogens is 1. The van der Waals surface area contributed by atoms with Crippen molar-refractivity contribution in [1.82, 2.24) is 0 Å². The number of methoxy groups -OCH3 is 1. The first kappa shape index (κ1) is 14.5. The first-order valence-corrected chi connectivity index (χ1v) is 6.78. The lowest BCUT2D eigenvalue weighted by Crippen LogP contribution is -2.06. The highest BCUT2D eigenvalue weighted by Gasteiger charge is 2.09. The van der Waals surface area contributed by atoms with E-state index in [4.69, 9.17) is 16.3 Å². The standard InChI is InChI=1S/C16H18ClNO2/c1-10-4-6-13(9-14(10)17)18-11(2)12-5-7-15(19)16(8-12)20-3/h4-9,11,18-19H,1-3H3. The topological polar surface area (TPSA) is 41.5 Å². The number of ether oxygens (including phenoxy) is 1. The van der Waals surface area contributed by atoms with Crippen LogP contribution in [0, 0.1) is 6.92 Å². The van der Waals surface area contributed by atoms with Gasteiger partial charge in [-0.15, -0.1) is 0 Å². The van der Waals surface area contributed by atoms with E-state index in [2.05, 4.69) is 5.32 Å². The van der Waals surface area contributed by atoms with Gasteiger partial charge in [-0.1, -0.05) is 23.7 Å². The molecule has 0 aromatic heterocycles. The van der Waals surface area contributed by atoms with Gasteiger partial charge in [0.2, 0.25) is 0 Å². The molecule has 0 aliphatic carbocycles. The zero-order valence-corrected chi connectivity index (χ0v) is 12.5. The van der Waals surface area contributed by atoms with Crippen LogP contribution in [0.1, 0.15) is 24.1 Å². The summed E-state index contributed by atoms with van der Waals surface area (Å²) < 4.78 is 5.12. The molecule has 0 saturated carbocycles. The number of rotatable bonds is 4. The van der Waals surface area contributed by atoms with Crippen LogP contribution in [0.2, 0.25) is 5.02 Å². The van der Waals surface area contributed by atoms with Crippen LogP contribution >= 0.6 is 11.6 Å². The van der Waals surface area contributed by atoms with E-state index in [0.717, 1.165) is 21.8 Å². The van der Waals surface area contributed by atoms with Crippen LogP contribution in [0.4, 0.5) is 5.69 Å². The van der Waals surface area contributed by atoms with E-state index >= 15 is 0 Å². The zero-order chi connectivity index (χ0) is 14.7. The molecule has 0 aliphatic rings. The van der Waals surface area contributed by atoms with Crippen LogP contribution in [0.5, 0.6) is 11.5 Å². The second kappa shape index (κ2) is 6.06. The smallest absolute Gasteiger partial charge is 0.160 e. The molecule has 2 aromatic rings. The molecule has 106 valence electrons. The Morgan fingerprint density at radius 3 is 2.60 bits per heavy atom. The normalized spacial score (nSPS) is 12.0. The molecule has 1 unspecified atom stereocenters. The fourth-order valence-electron chi connectivity index (χ4n) is 1.98. The molecular weight excluding hydrogens is 274 g/mol. The molecule has 4 heteroatoms. The number of phenolic OH excluding ortho intramolecular Hbond substituents is 1. The molecule has 0 radical (unpaired) electrons. The molecule has 0 bridgehead atoms. The quantitative estimate of drug-likeness (QED) is 0.869. The van der Waals surface area contributed by atoms with Crippen molar-refractivity contribution < 1.29 is 9.84 Å². The van der Waals surface area contributed by atoms with Gasteiger partial charge in [0.25, 0.3) is 0 Å². The Labute approximate surface area is 124 Å². The monoisotopic (exact) mass is 291 g/mol. The molecule has 0 spiro atoms. The summed E-state index contributed by atoms with van der Waals surface area (Å²) in [6.07, 6.45) is 0. The second-order valence-electron chi connectivity index (χ2n) is 4.76. The minimum Gasteiger partial charge on any atom is -0.504 e. The fraction of sp³-hybridized carbons (Fsp3) is 0.250. The van der Waals surface area contributed by atoms with Gasteiger partial charge in [-0.25, -0.2) is 0 Å². The molecule has 0 amide bonds. The molecular formula is C16H18ClNO2. The van der Waals surface area contributed by atoms with Crippen molar-refractivity contribution in [1.29, 1.82) is 0 Å². The highest BCUT2D eigenvalue weighted by Crippen LogP contribution is 2.30. The first-order chi connectivity index (χ1) is 9.51. The molecule has 0 fully saturated rings. The van der Waals surface area contributed by atoms with Gasteiger partial charge >= 0.3 is 0 Å². The number of aromatic hydroxyl groups is 1. The third kappa shape index (κ3) is 3.17. The average Bonchev–Trinajstić information content (AvgIpc) is 2.43. The van der Waals surface area contributed by atoms with E-state index in [1.165, 1.54) is 7.11 Å². The van der Waals surface area contributed by atoms with E-state index in [0.29, 0.717) is 5.75 Å². The third-order valence-corrected chi connectivity index (χ3v) is 3.67. The lowest BCUT2D eigenvalue weighted by molar-refractivity contribution is 0.373. The molecule has 0 heterocycles. The molecule has 2 rings (SSSR count). The number of nitrogens with one attached hydrogen (secondary N) is 1. The number of anilines is 1. The Kier molecular flexibility index (Phi) is 4.40. The Balaban J connectivity index is 2.19. The lowest BCUT2D eigenvalue weighted by Gasteiger charge is -2.17. The van der Waals surface area contributed by atoms with Crippen LogP contribution in [-0.2, 0) is 0 Å². The van der Waals surface area contributed by atoms with E-state index in [1.807, 2.05) is 44.2 Å². The summed E-state index contributed by atoms with van der Waals surface area (Å²) >= 11 is 6.12. The second-order valence-corrected chi connectivity index (χ2v) is 5.17. The van der Waals surface area contributed by atoms with Crippen molar-refractivity contribution in [3.05, 3.63) is 52.5 Å². The van der Waals surface area contributed by atoms with Crippen molar-refractivity contribution in [2.24, 2.45) is 0 Å². The Hall–Kier alpha value is -1.87. The molecule has 3 nitrogen and oxygen atoms in total. The van der Waals surface area contributed by atoms with Gasteiger partial charge in [-0.2, -0.15) is 0 Å². The maximum atomic E-state index is 9.61. The summed E-state index contributed by atoms with van der Waals surface area (Å²) in [4.78, 5) is 0. The molecule has 1 atom stereocenters. The lowest BCUT2D eigenvalue weighted by atomic mass is 10.1. The minimum atomic E-state index is 0.0725. The van der Waals surface area contributed by atoms with Crippen LogP contribution in [0.25, 0.3) is 0 Å². The van der Waals surface area contributed by atoms with Crippen LogP contribution in [0.3, 0.4) is 0 Å². The predicted molar refractivity (Wildman–Crippen MR) is 82.9 cm³/mol. The highest BCUT2D eigenvalue weighted by atomic mass is 35.5. The summed E-state index contributed by atoms with van der Waals surface area (Å²) in [6.45, 7) is 4.01. The highest BCUT2D eigenvalue weighted by molar-refractivity contribution is 6.31. The van der Waals surface area contributed by atoms with Gasteiger partial charge < -0.3 is 15.2 Å². The molecule has 20 heavy (non-hydrogen) atoms. The van der Waals surface area contributed by atoms with E-state index in [9.17, 15) is 5.11 Å². The summed E-state index contributed by atoms with van der Waals surface area (Å²) in [5, 5.41) is 13.7. The van der Waals surface area contributed by atoms with Crippen LogP contribution < -0.4 is 10.1 Å². The minimum absolute atomic E-state index is 0.0725. The van der Waals surface area contributed by atoms with E-state index in [1.54, 1.807) is 6.07 Å². The Morgan fingerprint density at radius 1 is 1.20 bits per heavy atom. The number of hydrogen-bond acceptors (Lipinski definition) is 3. The van der Waals surface area contributed by atoms with Gasteiger partial charge in [0.05, 0.1) is 7.11 Å². The van der Waals surface area contributed by atoms with Crippen molar-refractivity contribution in [3.63, 3.8) is 0 Å². The van der Waals surface area contributed by atoms with Crippen molar-refractivity contribution in [2.75, 3.05) is 12.4 Å². The maximum absolute atomic E-state index is 9.61. The fourth-order valence-corrected chi connectivity index (χ4v) is 2.16. The third-order valence-electron chi connectivity index (χ3n) is 3.26.